The first-order chi connectivity index (χ1) is 42.2. The Morgan fingerprint density at radius 2 is 0.663 bits per heavy atom. The Balaban J connectivity index is 0.985. The molecule has 6 heteroatoms. The van der Waals surface area contributed by atoms with Gasteiger partial charge in [0.1, 0.15) is 23.0 Å². The van der Waals surface area contributed by atoms with Crippen LogP contribution in [0.15, 0.2) is 194 Å². The van der Waals surface area contributed by atoms with Gasteiger partial charge in [0.25, 0.3) is 13.4 Å². The summed E-state index contributed by atoms with van der Waals surface area (Å²) in [5.74, 6) is 4.81. The van der Waals surface area contributed by atoms with Gasteiger partial charge in [-0.3, -0.25) is 0 Å². The van der Waals surface area contributed by atoms with Crippen LogP contribution in [0.2, 0.25) is 0 Å². The molecule has 2 aliphatic carbocycles. The number of aryl methyl sites for hydroxylation is 4. The van der Waals surface area contributed by atoms with Crippen LogP contribution in [0, 0.1) is 27.7 Å². The molecule has 13 aromatic rings. The first-order valence-electron chi connectivity index (χ1n) is 31.6. The van der Waals surface area contributed by atoms with Gasteiger partial charge in [0.05, 0.1) is 22.4 Å². The third-order valence-electron chi connectivity index (χ3n) is 21.2. The summed E-state index contributed by atoms with van der Waals surface area (Å²) in [6, 6.07) is 75.5. The zero-order valence-electron chi connectivity index (χ0n) is 49.2. The molecular formula is C80H62B2N2O2. The van der Waals surface area contributed by atoms with Crippen molar-refractivity contribution in [1.29, 1.82) is 0 Å². The molecule has 86 heavy (non-hydrogen) atoms. The largest absolute Gasteiger partial charge is 0.456 e. The quantitative estimate of drug-likeness (QED) is 0.155. The van der Waals surface area contributed by atoms with Crippen LogP contribution in [0.1, 0.15) is 96.6 Å². The molecule has 0 bridgehead atoms. The molecule has 0 amide bonds. The Labute approximate surface area is 502 Å². The number of hydrogen-bond donors (Lipinski definition) is 0. The van der Waals surface area contributed by atoms with E-state index in [1.807, 2.05) is 0 Å². The zero-order valence-corrected chi connectivity index (χ0v) is 49.2. The normalized spacial score (nSPS) is 15.3. The molecule has 2 aromatic heterocycles. The highest BCUT2D eigenvalue weighted by atomic mass is 16.5. The summed E-state index contributed by atoms with van der Waals surface area (Å²) in [4.78, 5) is 0. The highest BCUT2D eigenvalue weighted by Gasteiger charge is 2.51. The monoisotopic (exact) mass is 1100 g/mol. The molecule has 6 heterocycles. The number of fused-ring (bicyclic) bond motifs is 16. The third-order valence-corrected chi connectivity index (χ3v) is 21.2. The van der Waals surface area contributed by atoms with E-state index in [9.17, 15) is 0 Å². The predicted molar refractivity (Wildman–Crippen MR) is 361 cm³/mol. The number of rotatable bonds is 6. The van der Waals surface area contributed by atoms with Gasteiger partial charge in [0.2, 0.25) is 0 Å². The average molecular weight is 1110 g/mol. The van der Waals surface area contributed by atoms with Crippen LogP contribution in [0.4, 0.5) is 0 Å². The van der Waals surface area contributed by atoms with E-state index in [2.05, 4.69) is 231 Å². The van der Waals surface area contributed by atoms with Crippen LogP contribution >= 0.6 is 0 Å². The molecule has 0 radical (unpaired) electrons. The van der Waals surface area contributed by atoms with Crippen molar-refractivity contribution in [2.45, 2.75) is 90.9 Å². The molecule has 6 aliphatic rings. The van der Waals surface area contributed by atoms with Gasteiger partial charge in [0, 0.05) is 43.5 Å². The molecule has 2 fully saturated rings. The fourth-order valence-electron chi connectivity index (χ4n) is 16.8. The number of hydrogen-bond acceptors (Lipinski definition) is 2. The summed E-state index contributed by atoms with van der Waals surface area (Å²) in [5, 5.41) is 4.97. The number of benzene rings is 11. The van der Waals surface area contributed by atoms with E-state index >= 15 is 0 Å². The summed E-state index contributed by atoms with van der Waals surface area (Å²) in [6.07, 6.45) is 9.98. The topological polar surface area (TPSA) is 28.3 Å². The van der Waals surface area contributed by atoms with E-state index in [-0.39, 0.29) is 13.4 Å². The lowest BCUT2D eigenvalue weighted by molar-refractivity contribution is 0.472. The van der Waals surface area contributed by atoms with Gasteiger partial charge < -0.3 is 18.6 Å². The standard InChI is InChI=1S/C80H62B2N2O2/c1-45-13-21-51(22-14-45)55-29-33-69-61(37-55)63-39-59(53-25-17-47(3)18-26-53)43-67-75(63)83(69)77-73-80(86-71-35-31-57(41-65(71)81(67)73)49-9-5-6-10-49)78-74-79(77)85-72-36-32-58(50-11-7-8-12-50)42-66(72)82(74)68-44-60(54-27-19-48(4)20-28-54)40-64-62-38-56(52-23-15-46(2)16-24-52)30-34-70(62)84(78)76(64)68/h13-44,49-50H,5-12H2,1-4H3. The summed E-state index contributed by atoms with van der Waals surface area (Å²) in [5.41, 5.74) is 32.1. The third kappa shape index (κ3) is 7.01. The molecule has 0 N–H and O–H groups in total. The van der Waals surface area contributed by atoms with Crippen LogP contribution in [-0.4, -0.2) is 22.6 Å². The first-order valence-corrected chi connectivity index (χ1v) is 31.6. The summed E-state index contributed by atoms with van der Waals surface area (Å²) in [6.45, 7) is 8.39. The van der Waals surface area contributed by atoms with E-state index in [4.69, 9.17) is 9.47 Å². The summed E-state index contributed by atoms with van der Waals surface area (Å²) in [7, 11) is 0. The van der Waals surface area contributed by atoms with Crippen LogP contribution < -0.4 is 42.3 Å². The Morgan fingerprint density at radius 1 is 0.326 bits per heavy atom. The summed E-state index contributed by atoms with van der Waals surface area (Å²) >= 11 is 0. The zero-order chi connectivity index (χ0) is 56.8. The van der Waals surface area contributed by atoms with Crippen molar-refractivity contribution in [1.82, 2.24) is 9.13 Å². The van der Waals surface area contributed by atoms with Crippen molar-refractivity contribution in [2.75, 3.05) is 0 Å². The van der Waals surface area contributed by atoms with Crippen LogP contribution in [-0.2, 0) is 0 Å². The maximum Gasteiger partial charge on any atom is 0.256 e. The molecule has 0 saturated heterocycles. The Bertz CT molecular complexity index is 4770. The fraction of sp³-hybridized carbons (Fsp3) is 0.175. The predicted octanol–water partition coefficient (Wildman–Crippen LogP) is 17.0. The maximum absolute atomic E-state index is 8.00. The second-order valence-corrected chi connectivity index (χ2v) is 26.3. The Kier molecular flexibility index (Phi) is 10.3. The molecule has 0 atom stereocenters. The van der Waals surface area contributed by atoms with Gasteiger partial charge >= 0.3 is 0 Å². The smallest absolute Gasteiger partial charge is 0.256 e. The van der Waals surface area contributed by atoms with E-state index in [0.29, 0.717) is 11.8 Å². The molecule has 2 saturated carbocycles. The Hall–Kier alpha value is -9.25. The van der Waals surface area contributed by atoms with Gasteiger partial charge in [0.15, 0.2) is 0 Å². The summed E-state index contributed by atoms with van der Waals surface area (Å²) < 4.78 is 21.3. The number of nitrogens with zero attached hydrogens (tertiary/aromatic N) is 2. The molecule has 0 spiro atoms. The second-order valence-electron chi connectivity index (χ2n) is 26.3. The van der Waals surface area contributed by atoms with Crippen LogP contribution in [0.25, 0.3) is 99.5 Å². The van der Waals surface area contributed by atoms with Crippen LogP contribution in [0.3, 0.4) is 0 Å². The Morgan fingerprint density at radius 3 is 1.03 bits per heavy atom. The van der Waals surface area contributed by atoms with Crippen molar-refractivity contribution in [3.63, 3.8) is 0 Å². The van der Waals surface area contributed by atoms with Crippen molar-refractivity contribution in [2.24, 2.45) is 0 Å². The van der Waals surface area contributed by atoms with Gasteiger partial charge in [-0.2, -0.15) is 0 Å². The average Bonchev–Trinajstić information content (AvgIpc) is 1.28. The highest BCUT2D eigenvalue weighted by molar-refractivity contribution is 7.02. The van der Waals surface area contributed by atoms with E-state index in [1.54, 1.807) is 0 Å². The lowest BCUT2D eigenvalue weighted by atomic mass is 9.31. The minimum absolute atomic E-state index is 0.170. The van der Waals surface area contributed by atoms with Gasteiger partial charge in [-0.1, -0.05) is 194 Å². The second kappa shape index (κ2) is 18.1. The number of ether oxygens (including phenoxy) is 2. The molecular weight excluding hydrogens is 1040 g/mol. The SMILES string of the molecule is Cc1ccc(-c2ccc3c(c2)c2cc(-c4ccc(C)cc4)cc4c2n3-c2c3c5c(c6c2B4c2cc(C4CCCC4)ccc2O6)-n2c4ccc(-c6ccc(C)cc6)cc4c4cc(-c6ccc(C)cc6)cc(c42)B5c2cc(C4CCCC4)ccc2O3)cc1. The molecule has 4 aliphatic heterocycles. The van der Waals surface area contributed by atoms with E-state index < -0.39 is 0 Å². The fourth-order valence-corrected chi connectivity index (χ4v) is 16.8. The van der Waals surface area contributed by atoms with Crippen molar-refractivity contribution < 1.29 is 9.47 Å². The van der Waals surface area contributed by atoms with Gasteiger partial charge in [-0.25, -0.2) is 0 Å². The van der Waals surface area contributed by atoms with E-state index in [1.165, 1.54) is 206 Å². The molecule has 0 unspecified atom stereocenters. The van der Waals surface area contributed by atoms with Gasteiger partial charge in [-0.15, -0.1) is 0 Å². The lowest BCUT2D eigenvalue weighted by Crippen LogP contribution is -2.63. The van der Waals surface area contributed by atoms with Crippen molar-refractivity contribution in [3.8, 4) is 78.9 Å². The first kappa shape index (κ1) is 49.1. The molecule has 410 valence electrons. The minimum atomic E-state index is -0.170. The molecule has 11 aromatic carbocycles. The molecule has 4 nitrogen and oxygen atoms in total. The maximum atomic E-state index is 8.00. The van der Waals surface area contributed by atoms with Crippen molar-refractivity contribution in [3.05, 3.63) is 228 Å². The van der Waals surface area contributed by atoms with E-state index in [0.717, 1.165) is 34.4 Å². The number of aromatic nitrogens is 2. The lowest BCUT2D eigenvalue weighted by Gasteiger charge is -2.41. The van der Waals surface area contributed by atoms with Crippen molar-refractivity contribution >= 4 is 89.8 Å². The molecule has 19 rings (SSSR count). The minimum Gasteiger partial charge on any atom is -0.456 e. The van der Waals surface area contributed by atoms with Gasteiger partial charge in [-0.05, 0) is 191 Å². The highest BCUT2D eigenvalue weighted by Crippen LogP contribution is 2.51. The van der Waals surface area contributed by atoms with Crippen LogP contribution in [0.5, 0.6) is 23.0 Å².